The summed E-state index contributed by atoms with van der Waals surface area (Å²) >= 11 is 0. The van der Waals surface area contributed by atoms with Gasteiger partial charge >= 0.3 is 5.97 Å². The topological polar surface area (TPSA) is 43.8 Å². The van der Waals surface area contributed by atoms with Crippen molar-refractivity contribution in [3.63, 3.8) is 0 Å². The van der Waals surface area contributed by atoms with Crippen LogP contribution in [0.2, 0.25) is 0 Å². The summed E-state index contributed by atoms with van der Waals surface area (Å²) in [6.45, 7) is 11.2. The molecular formula is C19H30N2O2. The molecule has 0 radical (unpaired) electrons. The van der Waals surface area contributed by atoms with Gasteiger partial charge in [-0.15, -0.1) is 0 Å². The Morgan fingerprint density at radius 2 is 1.87 bits per heavy atom. The second-order valence-corrected chi connectivity index (χ2v) is 7.65. The summed E-state index contributed by atoms with van der Waals surface area (Å²) in [5.41, 5.74) is 2.19. The third-order valence-corrected chi connectivity index (χ3v) is 4.97. The lowest BCUT2D eigenvalue weighted by atomic mass is 9.86. The number of nitrogens with zero attached hydrogens (tertiary/aromatic N) is 2. The van der Waals surface area contributed by atoms with Crippen molar-refractivity contribution >= 4 is 5.97 Å². The first-order valence-electron chi connectivity index (χ1n) is 8.51. The molecule has 1 heterocycles. The fourth-order valence-corrected chi connectivity index (χ4v) is 3.32. The van der Waals surface area contributed by atoms with Crippen molar-refractivity contribution in [2.75, 3.05) is 26.7 Å². The third kappa shape index (κ3) is 4.12. The number of carboxylic acid groups (broad SMARTS) is 1. The molecular weight excluding hydrogens is 288 g/mol. The first-order chi connectivity index (χ1) is 10.7. The van der Waals surface area contributed by atoms with Gasteiger partial charge in [0.15, 0.2) is 0 Å². The molecule has 1 aliphatic heterocycles. The molecule has 4 nitrogen and oxygen atoms in total. The van der Waals surface area contributed by atoms with Crippen molar-refractivity contribution in [2.24, 2.45) is 0 Å². The Labute approximate surface area is 140 Å². The molecule has 2 atom stereocenters. The molecule has 0 aliphatic carbocycles. The molecule has 1 fully saturated rings. The van der Waals surface area contributed by atoms with Crippen LogP contribution in [0.5, 0.6) is 0 Å². The molecule has 1 aromatic rings. The maximum atomic E-state index is 11.9. The van der Waals surface area contributed by atoms with E-state index < -0.39 is 12.0 Å². The van der Waals surface area contributed by atoms with Crippen LogP contribution >= 0.6 is 0 Å². The fourth-order valence-electron chi connectivity index (χ4n) is 3.32. The highest BCUT2D eigenvalue weighted by atomic mass is 16.4. The van der Waals surface area contributed by atoms with Gasteiger partial charge in [0.05, 0.1) is 0 Å². The lowest BCUT2D eigenvalue weighted by Crippen LogP contribution is -2.53. The van der Waals surface area contributed by atoms with Gasteiger partial charge in [-0.05, 0) is 30.0 Å². The molecule has 2 rings (SSSR count). The molecule has 1 saturated heterocycles. The van der Waals surface area contributed by atoms with Crippen LogP contribution in [0.15, 0.2) is 24.3 Å². The van der Waals surface area contributed by atoms with Crippen LogP contribution in [0.4, 0.5) is 0 Å². The normalized spacial score (nSPS) is 22.0. The quantitative estimate of drug-likeness (QED) is 0.926. The van der Waals surface area contributed by atoms with Crippen molar-refractivity contribution in [1.82, 2.24) is 9.80 Å². The van der Waals surface area contributed by atoms with Crippen molar-refractivity contribution in [3.05, 3.63) is 35.4 Å². The Kier molecular flexibility index (Phi) is 5.48. The van der Waals surface area contributed by atoms with E-state index >= 15 is 0 Å². The monoisotopic (exact) mass is 318 g/mol. The highest BCUT2D eigenvalue weighted by Crippen LogP contribution is 2.28. The molecule has 0 spiro atoms. The van der Waals surface area contributed by atoms with Crippen LogP contribution < -0.4 is 0 Å². The fraction of sp³-hybridized carbons (Fsp3) is 0.632. The summed E-state index contributed by atoms with van der Waals surface area (Å²) in [6, 6.07) is 7.99. The summed E-state index contributed by atoms with van der Waals surface area (Å²) in [5.74, 6) is -0.757. The molecule has 128 valence electrons. The largest absolute Gasteiger partial charge is 0.480 e. The number of carboxylic acids is 1. The number of piperazine rings is 1. The first kappa shape index (κ1) is 18.0. The first-order valence-corrected chi connectivity index (χ1v) is 8.51. The Balaban J connectivity index is 2.23. The van der Waals surface area contributed by atoms with Gasteiger partial charge in [-0.1, -0.05) is 52.0 Å². The number of carbonyl (C=O) groups is 1. The highest BCUT2D eigenvalue weighted by Gasteiger charge is 2.33. The van der Waals surface area contributed by atoms with E-state index in [1.54, 1.807) is 0 Å². The zero-order valence-corrected chi connectivity index (χ0v) is 15.0. The number of benzene rings is 1. The predicted octanol–water partition coefficient (Wildman–Crippen LogP) is 3.14. The number of rotatable bonds is 4. The molecule has 0 saturated carbocycles. The number of aliphatic carboxylic acids is 1. The molecule has 1 N–H and O–H groups in total. The smallest absolute Gasteiger partial charge is 0.325 e. The highest BCUT2D eigenvalue weighted by molar-refractivity contribution is 5.75. The number of hydrogen-bond donors (Lipinski definition) is 1. The Morgan fingerprint density at radius 3 is 2.35 bits per heavy atom. The summed E-state index contributed by atoms with van der Waals surface area (Å²) < 4.78 is 0. The van der Waals surface area contributed by atoms with Crippen LogP contribution in [0.25, 0.3) is 0 Å². The van der Waals surface area contributed by atoms with Gasteiger partial charge < -0.3 is 10.0 Å². The van der Waals surface area contributed by atoms with E-state index in [0.717, 1.165) is 31.6 Å². The standard InChI is InChI=1S/C19H30N2O2/c1-6-16-13-21(12-11-20(16)5)17(18(22)23)14-7-9-15(10-8-14)19(2,3)4/h7-10,16-17H,6,11-13H2,1-5H3,(H,22,23). The minimum absolute atomic E-state index is 0.0817. The average Bonchev–Trinajstić information content (AvgIpc) is 2.48. The van der Waals surface area contributed by atoms with Crippen LogP contribution in [0.3, 0.4) is 0 Å². The second kappa shape index (κ2) is 7.02. The van der Waals surface area contributed by atoms with Gasteiger partial charge in [0.2, 0.25) is 0 Å². The van der Waals surface area contributed by atoms with Crippen LogP contribution in [-0.2, 0) is 10.2 Å². The minimum Gasteiger partial charge on any atom is -0.480 e. The van der Waals surface area contributed by atoms with Crippen LogP contribution in [0, 0.1) is 0 Å². The second-order valence-electron chi connectivity index (χ2n) is 7.65. The molecule has 0 aromatic heterocycles. The van der Waals surface area contributed by atoms with E-state index in [1.807, 2.05) is 12.1 Å². The van der Waals surface area contributed by atoms with Gasteiger partial charge in [-0.3, -0.25) is 9.69 Å². The summed E-state index contributed by atoms with van der Waals surface area (Å²) in [5, 5.41) is 9.78. The Morgan fingerprint density at radius 1 is 1.26 bits per heavy atom. The van der Waals surface area contributed by atoms with Gasteiger partial charge in [-0.25, -0.2) is 0 Å². The van der Waals surface area contributed by atoms with E-state index in [4.69, 9.17) is 0 Å². The number of likely N-dealkylation sites (N-methyl/N-ethyl adjacent to an activating group) is 1. The average molecular weight is 318 g/mol. The minimum atomic E-state index is -0.757. The third-order valence-electron chi connectivity index (χ3n) is 4.97. The Hall–Kier alpha value is -1.39. The molecule has 23 heavy (non-hydrogen) atoms. The van der Waals surface area contributed by atoms with Crippen LogP contribution in [-0.4, -0.2) is 53.6 Å². The molecule has 4 heteroatoms. The Bertz CT molecular complexity index is 533. The lowest BCUT2D eigenvalue weighted by molar-refractivity contribution is -0.144. The molecule has 0 amide bonds. The van der Waals surface area contributed by atoms with Crippen molar-refractivity contribution < 1.29 is 9.90 Å². The van der Waals surface area contributed by atoms with E-state index in [0.29, 0.717) is 6.04 Å². The van der Waals surface area contributed by atoms with Gasteiger partial charge in [-0.2, -0.15) is 0 Å². The predicted molar refractivity (Wildman–Crippen MR) is 93.8 cm³/mol. The molecule has 0 bridgehead atoms. The molecule has 1 aromatic carbocycles. The summed E-state index contributed by atoms with van der Waals surface area (Å²) in [6.07, 6.45) is 1.04. The van der Waals surface area contributed by atoms with Gasteiger partial charge in [0.25, 0.3) is 0 Å². The summed E-state index contributed by atoms with van der Waals surface area (Å²) in [4.78, 5) is 16.3. The van der Waals surface area contributed by atoms with Gasteiger partial charge in [0, 0.05) is 25.7 Å². The van der Waals surface area contributed by atoms with Crippen molar-refractivity contribution in [1.29, 1.82) is 0 Å². The van der Waals surface area contributed by atoms with E-state index in [9.17, 15) is 9.90 Å². The zero-order valence-electron chi connectivity index (χ0n) is 15.0. The molecule has 2 unspecified atom stereocenters. The van der Waals surface area contributed by atoms with E-state index in [2.05, 4.69) is 56.7 Å². The van der Waals surface area contributed by atoms with E-state index in [-0.39, 0.29) is 5.41 Å². The lowest BCUT2D eigenvalue weighted by Gasteiger charge is -2.41. The van der Waals surface area contributed by atoms with Gasteiger partial charge in [0.1, 0.15) is 6.04 Å². The maximum absolute atomic E-state index is 11.9. The number of hydrogen-bond acceptors (Lipinski definition) is 3. The zero-order chi connectivity index (χ0) is 17.2. The SMILES string of the molecule is CCC1CN(C(C(=O)O)c2ccc(C(C)(C)C)cc2)CCN1C. The van der Waals surface area contributed by atoms with E-state index in [1.165, 1.54) is 5.56 Å². The maximum Gasteiger partial charge on any atom is 0.325 e. The summed E-state index contributed by atoms with van der Waals surface area (Å²) in [7, 11) is 2.12. The van der Waals surface area contributed by atoms with Crippen molar-refractivity contribution in [3.8, 4) is 0 Å². The molecule has 1 aliphatic rings. The van der Waals surface area contributed by atoms with Crippen molar-refractivity contribution in [2.45, 2.75) is 51.6 Å². The van der Waals surface area contributed by atoms with Crippen LogP contribution in [0.1, 0.15) is 51.3 Å².